The molecule has 1 aromatic heterocycles. The Bertz CT molecular complexity index is 1080. The smallest absolute Gasteiger partial charge is 0.159 e. The third-order valence-corrected chi connectivity index (χ3v) is 11.0. The summed E-state index contributed by atoms with van der Waals surface area (Å²) in [5.74, 6) is 4.05. The number of hydrogen-bond acceptors (Lipinski definition) is 3. The summed E-state index contributed by atoms with van der Waals surface area (Å²) in [5.41, 5.74) is 1.39. The predicted molar refractivity (Wildman–Crippen MR) is 127 cm³/mol. The number of hydrogen-bond donors (Lipinski definition) is 0. The number of fused-ring (bicyclic) bond motifs is 6. The van der Waals surface area contributed by atoms with Gasteiger partial charge >= 0.3 is 0 Å². The Balaban J connectivity index is 1.21. The molecule has 33 heavy (non-hydrogen) atoms. The van der Waals surface area contributed by atoms with Crippen molar-refractivity contribution in [1.82, 2.24) is 15.0 Å². The second-order valence-corrected chi connectivity index (χ2v) is 12.5. The van der Waals surface area contributed by atoms with Gasteiger partial charge in [-0.1, -0.05) is 33.3 Å². The lowest BCUT2D eigenvalue weighted by molar-refractivity contribution is -0.137. The Morgan fingerprint density at radius 1 is 1.03 bits per heavy atom. The third-order valence-electron chi connectivity index (χ3n) is 11.0. The molecule has 0 aliphatic heterocycles. The van der Waals surface area contributed by atoms with Gasteiger partial charge in [0.2, 0.25) is 0 Å². The van der Waals surface area contributed by atoms with Gasteiger partial charge in [0.25, 0.3) is 0 Å². The van der Waals surface area contributed by atoms with Crippen molar-refractivity contribution in [2.75, 3.05) is 0 Å². The molecule has 1 heterocycles. The summed E-state index contributed by atoms with van der Waals surface area (Å²) in [6, 6.07) is 4.79. The van der Waals surface area contributed by atoms with Gasteiger partial charge in [-0.25, -0.2) is 4.39 Å². The van der Waals surface area contributed by atoms with Crippen LogP contribution in [0.3, 0.4) is 0 Å². The average Bonchev–Trinajstić information content (AvgIpc) is 3.35. The first-order valence-corrected chi connectivity index (χ1v) is 13.3. The minimum Gasteiger partial charge on any atom is -0.297 e. The molecule has 0 bridgehead atoms. The molecule has 178 valence electrons. The topological polar surface area (TPSA) is 47.8 Å². The van der Waals surface area contributed by atoms with Crippen molar-refractivity contribution in [2.24, 2.45) is 46.3 Å². The number of Topliss-reactive ketones (excluding diaryl/α,β-unsaturated/α-hetero) is 1. The number of aromatic nitrogens is 3. The first kappa shape index (κ1) is 21.7. The van der Waals surface area contributed by atoms with E-state index in [0.29, 0.717) is 16.8 Å². The number of carbonyl (C=O) groups excluding carboxylic acids is 1. The van der Waals surface area contributed by atoms with Crippen LogP contribution in [0.4, 0.5) is 4.39 Å². The van der Waals surface area contributed by atoms with Crippen LogP contribution < -0.4 is 0 Å². The molecular formula is C28H38FN3O. The zero-order valence-electron chi connectivity index (χ0n) is 20.4. The molecule has 0 radical (unpaired) electrons. The summed E-state index contributed by atoms with van der Waals surface area (Å²) >= 11 is 0. The zero-order valence-corrected chi connectivity index (χ0v) is 20.4. The van der Waals surface area contributed by atoms with E-state index < -0.39 is 0 Å². The number of nitrogens with zero attached hydrogens (tertiary/aromatic N) is 3. The lowest BCUT2D eigenvalue weighted by atomic mass is 9.44. The van der Waals surface area contributed by atoms with Crippen LogP contribution in [-0.2, 0) is 11.3 Å². The van der Waals surface area contributed by atoms with Crippen LogP contribution in [0.5, 0.6) is 0 Å². The first-order chi connectivity index (χ1) is 15.8. The Hall–Kier alpha value is -1.78. The molecule has 4 saturated carbocycles. The van der Waals surface area contributed by atoms with E-state index in [0.717, 1.165) is 30.1 Å². The van der Waals surface area contributed by atoms with Crippen LogP contribution in [0, 0.1) is 52.2 Å². The summed E-state index contributed by atoms with van der Waals surface area (Å²) in [5, 5.41) is 8.67. The van der Waals surface area contributed by atoms with Crippen LogP contribution in [0.25, 0.3) is 11.0 Å². The monoisotopic (exact) mass is 451 g/mol. The number of ketones is 1. The molecule has 5 heteroatoms. The van der Waals surface area contributed by atoms with Crippen molar-refractivity contribution in [2.45, 2.75) is 85.1 Å². The van der Waals surface area contributed by atoms with E-state index >= 15 is 0 Å². The van der Waals surface area contributed by atoms with Crippen molar-refractivity contribution in [3.63, 3.8) is 0 Å². The molecule has 8 unspecified atom stereocenters. The standard InChI is InChI=1S/C28H38FN3O/c1-17-11-13-27(2)18(15-17)7-8-19-20-9-10-22(28(20,3)14-12-21(19)27)25(33)16-32-30-24-6-4-5-23(29)26(24)31-32/h4-6,17-22H,7-16H2,1-3H3. The van der Waals surface area contributed by atoms with E-state index in [1.807, 2.05) is 0 Å². The molecule has 2 aromatic rings. The van der Waals surface area contributed by atoms with Crippen LogP contribution in [0.2, 0.25) is 0 Å². The Morgan fingerprint density at radius 3 is 2.64 bits per heavy atom. The normalized spacial score (nSPS) is 42.5. The van der Waals surface area contributed by atoms with Gasteiger partial charge in [-0.2, -0.15) is 9.90 Å². The van der Waals surface area contributed by atoms with Crippen LogP contribution in [0.1, 0.15) is 78.6 Å². The van der Waals surface area contributed by atoms with Gasteiger partial charge in [-0.3, -0.25) is 4.79 Å². The zero-order chi connectivity index (χ0) is 23.0. The Morgan fingerprint density at radius 2 is 1.82 bits per heavy atom. The van der Waals surface area contributed by atoms with E-state index in [4.69, 9.17) is 0 Å². The number of rotatable bonds is 3. The molecular weight excluding hydrogens is 413 g/mol. The van der Waals surface area contributed by atoms with Crippen LogP contribution in [0.15, 0.2) is 18.2 Å². The van der Waals surface area contributed by atoms with E-state index in [-0.39, 0.29) is 35.0 Å². The van der Waals surface area contributed by atoms with E-state index in [9.17, 15) is 9.18 Å². The third kappa shape index (κ3) is 3.24. The molecule has 4 aliphatic carbocycles. The quantitative estimate of drug-likeness (QED) is 0.540. The predicted octanol–water partition coefficient (Wildman–Crippen LogP) is 6.43. The fourth-order valence-corrected chi connectivity index (χ4v) is 9.27. The lowest BCUT2D eigenvalue weighted by Gasteiger charge is -2.61. The van der Waals surface area contributed by atoms with Crippen molar-refractivity contribution in [1.29, 1.82) is 0 Å². The summed E-state index contributed by atoms with van der Waals surface area (Å²) < 4.78 is 14.0. The highest BCUT2D eigenvalue weighted by Crippen LogP contribution is 2.67. The van der Waals surface area contributed by atoms with Gasteiger partial charge in [-0.15, -0.1) is 5.10 Å². The molecule has 4 fully saturated rings. The molecule has 0 amide bonds. The largest absolute Gasteiger partial charge is 0.297 e. The average molecular weight is 452 g/mol. The maximum absolute atomic E-state index is 14.0. The van der Waals surface area contributed by atoms with Gasteiger partial charge in [0, 0.05) is 5.92 Å². The second kappa shape index (κ2) is 7.61. The van der Waals surface area contributed by atoms with Gasteiger partial charge < -0.3 is 0 Å². The SMILES string of the molecule is CC1CCC2(C)C(CCC3C2CCC2(C)C(C(=O)Cn4nc5cccc(F)c5n4)CCC32)C1. The molecule has 4 nitrogen and oxygen atoms in total. The fraction of sp³-hybridized carbons (Fsp3) is 0.750. The van der Waals surface area contributed by atoms with Crippen LogP contribution >= 0.6 is 0 Å². The molecule has 8 atom stereocenters. The molecule has 4 aliphatic rings. The minimum absolute atomic E-state index is 0.0827. The molecule has 0 N–H and O–H groups in total. The molecule has 1 aromatic carbocycles. The minimum atomic E-state index is -0.376. The summed E-state index contributed by atoms with van der Waals surface area (Å²) in [6.45, 7) is 7.64. The van der Waals surface area contributed by atoms with E-state index in [1.54, 1.807) is 12.1 Å². The highest BCUT2D eigenvalue weighted by molar-refractivity contribution is 5.82. The maximum Gasteiger partial charge on any atom is 0.159 e. The maximum atomic E-state index is 14.0. The molecule has 0 spiro atoms. The van der Waals surface area contributed by atoms with Gasteiger partial charge in [0.15, 0.2) is 11.6 Å². The van der Waals surface area contributed by atoms with Crippen molar-refractivity contribution in [3.05, 3.63) is 24.0 Å². The van der Waals surface area contributed by atoms with Gasteiger partial charge in [-0.05, 0) is 104 Å². The Kier molecular flexibility index (Phi) is 5.01. The number of halogens is 1. The van der Waals surface area contributed by atoms with Crippen molar-refractivity contribution < 1.29 is 9.18 Å². The summed E-state index contributed by atoms with van der Waals surface area (Å²) in [7, 11) is 0. The van der Waals surface area contributed by atoms with Crippen LogP contribution in [-0.4, -0.2) is 20.8 Å². The van der Waals surface area contributed by atoms with Gasteiger partial charge in [0.05, 0.1) is 0 Å². The number of carbonyl (C=O) groups is 1. The second-order valence-electron chi connectivity index (χ2n) is 12.5. The van der Waals surface area contributed by atoms with Crippen molar-refractivity contribution >= 4 is 16.8 Å². The molecule has 0 saturated heterocycles. The molecule has 6 rings (SSSR count). The first-order valence-electron chi connectivity index (χ1n) is 13.3. The van der Waals surface area contributed by atoms with E-state index in [1.165, 1.54) is 62.2 Å². The van der Waals surface area contributed by atoms with Crippen molar-refractivity contribution in [3.8, 4) is 0 Å². The summed E-state index contributed by atoms with van der Waals surface area (Å²) in [4.78, 5) is 15.0. The van der Waals surface area contributed by atoms with Gasteiger partial charge in [0.1, 0.15) is 17.6 Å². The fourth-order valence-electron chi connectivity index (χ4n) is 9.27. The Labute approximate surface area is 196 Å². The highest BCUT2D eigenvalue weighted by atomic mass is 19.1. The highest BCUT2D eigenvalue weighted by Gasteiger charge is 2.60. The van der Waals surface area contributed by atoms with E-state index in [2.05, 4.69) is 31.0 Å². The summed E-state index contributed by atoms with van der Waals surface area (Å²) in [6.07, 6.45) is 11.6. The number of benzene rings is 1. The lowest BCUT2D eigenvalue weighted by Crippen LogP contribution is -2.53.